The van der Waals surface area contributed by atoms with Crippen LogP contribution in [0.1, 0.15) is 18.5 Å². The first-order valence-corrected chi connectivity index (χ1v) is 5.99. The Kier molecular flexibility index (Phi) is 5.41. The van der Waals surface area contributed by atoms with Crippen LogP contribution in [0, 0.1) is 0 Å². The topological polar surface area (TPSA) is 80.3 Å². The van der Waals surface area contributed by atoms with Gasteiger partial charge in [-0.05, 0) is 0 Å². The molecule has 0 aliphatic carbocycles. The minimum atomic E-state index is -0.383. The molecule has 1 aromatic heterocycles. The predicted octanol–water partition coefficient (Wildman–Crippen LogP) is 0.754. The van der Waals surface area contributed by atoms with Gasteiger partial charge in [-0.1, -0.05) is 0 Å². The molecule has 17 heavy (non-hydrogen) atoms. The van der Waals surface area contributed by atoms with E-state index in [0.29, 0.717) is 6.54 Å². The Bertz CT molecular complexity index is 392. The number of nitrogens with zero attached hydrogens (tertiary/aromatic N) is 1. The minimum absolute atomic E-state index is 0.0984. The first kappa shape index (κ1) is 13.4. The number of hydrogen-bond donors (Lipinski definition) is 2. The van der Waals surface area contributed by atoms with E-state index in [1.165, 1.54) is 18.4 Å². The third-order valence-corrected chi connectivity index (χ3v) is 2.92. The normalized spacial score (nSPS) is 9.76. The van der Waals surface area contributed by atoms with Gasteiger partial charge in [0, 0.05) is 18.8 Å². The fourth-order valence-electron chi connectivity index (χ4n) is 1.10. The Morgan fingerprint density at radius 3 is 2.82 bits per heavy atom. The summed E-state index contributed by atoms with van der Waals surface area (Å²) in [7, 11) is 3.09. The van der Waals surface area contributed by atoms with Crippen molar-refractivity contribution < 1.29 is 14.3 Å². The van der Waals surface area contributed by atoms with Gasteiger partial charge in [0.15, 0.2) is 5.13 Å². The molecule has 1 amide bonds. The molecule has 0 saturated heterocycles. The number of esters is 1. The van der Waals surface area contributed by atoms with Gasteiger partial charge in [0.1, 0.15) is 0 Å². The lowest BCUT2D eigenvalue weighted by molar-refractivity contribution is -0.142. The van der Waals surface area contributed by atoms with Crippen LogP contribution in [0.5, 0.6) is 0 Å². The van der Waals surface area contributed by atoms with Crippen LogP contribution >= 0.6 is 11.3 Å². The minimum Gasteiger partial charge on any atom is -0.469 e. The van der Waals surface area contributed by atoms with E-state index in [1.807, 2.05) is 5.38 Å². The van der Waals surface area contributed by atoms with Crippen LogP contribution < -0.4 is 10.6 Å². The Hall–Kier alpha value is -1.63. The van der Waals surface area contributed by atoms with E-state index in [4.69, 9.17) is 0 Å². The number of nitrogens with one attached hydrogen (secondary N) is 2. The molecule has 1 heterocycles. The zero-order chi connectivity index (χ0) is 12.7. The first-order chi connectivity index (χ1) is 8.15. The van der Waals surface area contributed by atoms with Crippen molar-refractivity contribution in [2.75, 3.05) is 19.5 Å². The molecule has 0 saturated carbocycles. The number of rotatable bonds is 6. The maximum Gasteiger partial charge on any atom is 0.306 e. The van der Waals surface area contributed by atoms with E-state index in [2.05, 4.69) is 20.4 Å². The Morgan fingerprint density at radius 1 is 1.47 bits per heavy atom. The average molecular weight is 257 g/mol. The van der Waals surface area contributed by atoms with Crippen molar-refractivity contribution in [1.82, 2.24) is 10.3 Å². The van der Waals surface area contributed by atoms with Crippen LogP contribution in [0.2, 0.25) is 0 Å². The second-order valence-electron chi connectivity index (χ2n) is 3.25. The van der Waals surface area contributed by atoms with Crippen molar-refractivity contribution in [3.63, 3.8) is 0 Å². The van der Waals surface area contributed by atoms with E-state index >= 15 is 0 Å². The number of anilines is 1. The van der Waals surface area contributed by atoms with Crippen molar-refractivity contribution in [1.29, 1.82) is 0 Å². The summed E-state index contributed by atoms with van der Waals surface area (Å²) < 4.78 is 4.44. The Morgan fingerprint density at radius 2 is 2.24 bits per heavy atom. The van der Waals surface area contributed by atoms with E-state index in [1.54, 1.807) is 7.05 Å². The summed E-state index contributed by atoms with van der Waals surface area (Å²) in [5.41, 5.74) is 0.797. The van der Waals surface area contributed by atoms with Gasteiger partial charge < -0.3 is 15.4 Å². The molecule has 7 heteroatoms. The highest BCUT2D eigenvalue weighted by Gasteiger charge is 2.07. The standard InChI is InChI=1S/C10H15N3O3S/c1-11-10-13-7(6-17-10)5-12-8(14)3-4-9(15)16-2/h6H,3-5H2,1-2H3,(H,11,13)(H,12,14). The molecule has 0 fully saturated rings. The monoisotopic (exact) mass is 257 g/mol. The number of carbonyl (C=O) groups excluding carboxylic acids is 2. The molecular formula is C10H15N3O3S. The highest BCUT2D eigenvalue weighted by Crippen LogP contribution is 2.13. The summed E-state index contributed by atoms with van der Waals surface area (Å²) in [4.78, 5) is 26.4. The Labute approximate surface area is 103 Å². The maximum absolute atomic E-state index is 11.4. The SMILES string of the molecule is CNc1nc(CNC(=O)CCC(=O)OC)cs1. The van der Waals surface area contributed by atoms with Gasteiger partial charge in [-0.3, -0.25) is 9.59 Å². The van der Waals surface area contributed by atoms with Crippen molar-refractivity contribution in [3.8, 4) is 0 Å². The lowest BCUT2D eigenvalue weighted by Gasteiger charge is -2.02. The lowest BCUT2D eigenvalue weighted by Crippen LogP contribution is -2.23. The van der Waals surface area contributed by atoms with Gasteiger partial charge in [-0.15, -0.1) is 11.3 Å². The molecular weight excluding hydrogens is 242 g/mol. The molecule has 1 aromatic rings. The Balaban J connectivity index is 2.25. The van der Waals surface area contributed by atoms with Crippen LogP contribution in [0.4, 0.5) is 5.13 Å². The predicted molar refractivity (Wildman–Crippen MR) is 64.8 cm³/mol. The molecule has 0 aliphatic heterocycles. The van der Waals surface area contributed by atoms with E-state index in [-0.39, 0.29) is 24.7 Å². The van der Waals surface area contributed by atoms with E-state index in [9.17, 15) is 9.59 Å². The molecule has 0 spiro atoms. The molecule has 0 aromatic carbocycles. The third-order valence-electron chi connectivity index (χ3n) is 2.02. The second-order valence-corrected chi connectivity index (χ2v) is 4.10. The lowest BCUT2D eigenvalue weighted by atomic mass is 10.3. The summed E-state index contributed by atoms with van der Waals surface area (Å²) in [6, 6.07) is 0. The molecule has 0 atom stereocenters. The highest BCUT2D eigenvalue weighted by molar-refractivity contribution is 7.13. The summed E-state index contributed by atoms with van der Waals surface area (Å²) in [5, 5.41) is 8.28. The van der Waals surface area contributed by atoms with Crippen molar-refractivity contribution in [3.05, 3.63) is 11.1 Å². The first-order valence-electron chi connectivity index (χ1n) is 5.11. The summed E-state index contributed by atoms with van der Waals surface area (Å²) >= 11 is 1.48. The smallest absolute Gasteiger partial charge is 0.306 e. The molecule has 0 unspecified atom stereocenters. The van der Waals surface area contributed by atoms with Crippen molar-refractivity contribution in [2.24, 2.45) is 0 Å². The fourth-order valence-corrected chi connectivity index (χ4v) is 1.77. The zero-order valence-electron chi connectivity index (χ0n) is 9.78. The number of carbonyl (C=O) groups is 2. The highest BCUT2D eigenvalue weighted by atomic mass is 32.1. The largest absolute Gasteiger partial charge is 0.469 e. The maximum atomic E-state index is 11.4. The fraction of sp³-hybridized carbons (Fsp3) is 0.500. The number of hydrogen-bond acceptors (Lipinski definition) is 6. The van der Waals surface area contributed by atoms with E-state index < -0.39 is 0 Å². The summed E-state index contributed by atoms with van der Waals surface area (Å²) in [6.45, 7) is 0.373. The zero-order valence-corrected chi connectivity index (χ0v) is 10.6. The van der Waals surface area contributed by atoms with Gasteiger partial charge in [0.25, 0.3) is 0 Å². The van der Waals surface area contributed by atoms with Gasteiger partial charge in [-0.25, -0.2) is 4.98 Å². The van der Waals surface area contributed by atoms with Crippen LogP contribution in [-0.2, 0) is 20.9 Å². The molecule has 0 aliphatic rings. The number of amides is 1. The van der Waals surface area contributed by atoms with Crippen LogP contribution in [-0.4, -0.2) is 31.0 Å². The van der Waals surface area contributed by atoms with Crippen LogP contribution in [0.25, 0.3) is 0 Å². The number of aromatic nitrogens is 1. The van der Waals surface area contributed by atoms with Gasteiger partial charge in [0.05, 0.1) is 25.8 Å². The van der Waals surface area contributed by atoms with Gasteiger partial charge in [0.2, 0.25) is 5.91 Å². The number of thiazole rings is 1. The van der Waals surface area contributed by atoms with Crippen LogP contribution in [0.3, 0.4) is 0 Å². The van der Waals surface area contributed by atoms with E-state index in [0.717, 1.165) is 10.8 Å². The molecule has 94 valence electrons. The molecule has 1 rings (SSSR count). The number of methoxy groups -OCH3 is 1. The quantitative estimate of drug-likeness (QED) is 0.735. The summed E-state index contributed by atoms with van der Waals surface area (Å²) in [5.74, 6) is -0.569. The van der Waals surface area contributed by atoms with Gasteiger partial charge in [-0.2, -0.15) is 0 Å². The van der Waals surface area contributed by atoms with Crippen molar-refractivity contribution >= 4 is 28.3 Å². The number of ether oxygens (including phenoxy) is 1. The molecule has 2 N–H and O–H groups in total. The average Bonchev–Trinajstić information content (AvgIpc) is 2.81. The third kappa shape index (κ3) is 4.81. The molecule has 0 radical (unpaired) electrons. The summed E-state index contributed by atoms with van der Waals surface area (Å²) in [6.07, 6.45) is 0.233. The molecule has 0 bridgehead atoms. The molecule has 6 nitrogen and oxygen atoms in total. The second kappa shape index (κ2) is 6.85. The van der Waals surface area contributed by atoms with Gasteiger partial charge >= 0.3 is 5.97 Å². The van der Waals surface area contributed by atoms with Crippen LogP contribution in [0.15, 0.2) is 5.38 Å². The van der Waals surface area contributed by atoms with Crippen molar-refractivity contribution in [2.45, 2.75) is 19.4 Å².